The minimum Gasteiger partial charge on any atom is -0.259 e. The van der Waals surface area contributed by atoms with E-state index in [0.717, 1.165) is 5.52 Å². The van der Waals surface area contributed by atoms with E-state index >= 15 is 0 Å². The van der Waals surface area contributed by atoms with Crippen LogP contribution in [-0.2, 0) is 0 Å². The van der Waals surface area contributed by atoms with E-state index in [1.165, 1.54) is 29.7 Å². The third-order valence-corrected chi connectivity index (χ3v) is 3.56. The van der Waals surface area contributed by atoms with E-state index in [-0.39, 0.29) is 0 Å². The molecule has 1 aliphatic rings. The van der Waals surface area contributed by atoms with Crippen molar-refractivity contribution in [1.29, 1.82) is 0 Å². The van der Waals surface area contributed by atoms with Crippen LogP contribution >= 0.6 is 11.3 Å². The van der Waals surface area contributed by atoms with Gasteiger partial charge in [0.25, 0.3) is 0 Å². The van der Waals surface area contributed by atoms with E-state index in [1.807, 2.05) is 25.6 Å². The Labute approximate surface area is 94.4 Å². The summed E-state index contributed by atoms with van der Waals surface area (Å²) >= 11 is 1.70. The SMILES string of the molecule is CC.c1cc2scnc2c(C2CCC2)n1. The molecular weight excluding hydrogens is 204 g/mol. The van der Waals surface area contributed by atoms with E-state index in [1.54, 1.807) is 11.3 Å². The van der Waals surface area contributed by atoms with Gasteiger partial charge in [0, 0.05) is 12.1 Å². The lowest BCUT2D eigenvalue weighted by Gasteiger charge is -2.24. The van der Waals surface area contributed by atoms with Crippen molar-refractivity contribution in [2.24, 2.45) is 0 Å². The normalized spacial score (nSPS) is 15.6. The number of aromatic nitrogens is 2. The van der Waals surface area contributed by atoms with Gasteiger partial charge in [-0.15, -0.1) is 11.3 Å². The summed E-state index contributed by atoms with van der Waals surface area (Å²) in [5, 5.41) is 0. The third-order valence-electron chi connectivity index (χ3n) is 2.77. The molecule has 2 aromatic heterocycles. The van der Waals surface area contributed by atoms with Crippen LogP contribution in [0.25, 0.3) is 10.2 Å². The highest BCUT2D eigenvalue weighted by Crippen LogP contribution is 2.38. The molecule has 0 unspecified atom stereocenters. The van der Waals surface area contributed by atoms with Gasteiger partial charge < -0.3 is 0 Å². The van der Waals surface area contributed by atoms with E-state index in [4.69, 9.17) is 0 Å². The Morgan fingerprint density at radius 2 is 2.07 bits per heavy atom. The molecule has 0 atom stereocenters. The van der Waals surface area contributed by atoms with Crippen molar-refractivity contribution in [3.8, 4) is 0 Å². The lowest BCUT2D eigenvalue weighted by atomic mass is 9.82. The second kappa shape index (κ2) is 4.71. The largest absolute Gasteiger partial charge is 0.259 e. The molecule has 0 spiro atoms. The van der Waals surface area contributed by atoms with Crippen LogP contribution in [0.2, 0.25) is 0 Å². The lowest BCUT2D eigenvalue weighted by Crippen LogP contribution is -2.10. The number of nitrogens with zero attached hydrogens (tertiary/aromatic N) is 2. The minimum absolute atomic E-state index is 0.686. The molecule has 1 fully saturated rings. The zero-order valence-electron chi connectivity index (χ0n) is 9.23. The van der Waals surface area contributed by atoms with Gasteiger partial charge in [-0.05, 0) is 18.9 Å². The molecule has 80 valence electrons. The summed E-state index contributed by atoms with van der Waals surface area (Å²) in [4.78, 5) is 8.82. The summed E-state index contributed by atoms with van der Waals surface area (Å²) in [6.07, 6.45) is 5.86. The van der Waals surface area contributed by atoms with Crippen LogP contribution in [0.1, 0.15) is 44.7 Å². The van der Waals surface area contributed by atoms with Crippen LogP contribution in [0, 0.1) is 0 Å². The highest BCUT2D eigenvalue weighted by atomic mass is 32.1. The molecule has 0 N–H and O–H groups in total. The lowest BCUT2D eigenvalue weighted by molar-refractivity contribution is 0.413. The van der Waals surface area contributed by atoms with E-state index in [0.29, 0.717) is 5.92 Å². The van der Waals surface area contributed by atoms with Gasteiger partial charge in [0.2, 0.25) is 0 Å². The number of fused-ring (bicyclic) bond motifs is 1. The van der Waals surface area contributed by atoms with Gasteiger partial charge in [-0.3, -0.25) is 4.98 Å². The molecule has 2 nitrogen and oxygen atoms in total. The predicted molar refractivity (Wildman–Crippen MR) is 65.4 cm³/mol. The fourth-order valence-corrected chi connectivity index (χ4v) is 2.47. The molecule has 1 aliphatic carbocycles. The molecule has 0 aromatic carbocycles. The molecule has 0 radical (unpaired) electrons. The van der Waals surface area contributed by atoms with Crippen LogP contribution in [0.4, 0.5) is 0 Å². The number of hydrogen-bond donors (Lipinski definition) is 0. The van der Waals surface area contributed by atoms with Crippen molar-refractivity contribution in [1.82, 2.24) is 9.97 Å². The second-order valence-electron chi connectivity index (χ2n) is 3.52. The third kappa shape index (κ3) is 1.88. The topological polar surface area (TPSA) is 25.8 Å². The second-order valence-corrected chi connectivity index (χ2v) is 4.41. The molecule has 0 saturated heterocycles. The van der Waals surface area contributed by atoms with E-state index < -0.39 is 0 Å². The molecule has 3 rings (SSSR count). The smallest absolute Gasteiger partial charge is 0.103 e. The van der Waals surface area contributed by atoms with Crippen molar-refractivity contribution in [3.63, 3.8) is 0 Å². The molecule has 2 aromatic rings. The molecule has 0 amide bonds. The van der Waals surface area contributed by atoms with Crippen molar-refractivity contribution >= 4 is 21.6 Å². The van der Waals surface area contributed by atoms with Gasteiger partial charge in [0.15, 0.2) is 0 Å². The summed E-state index contributed by atoms with van der Waals surface area (Å²) in [5.41, 5.74) is 4.27. The minimum atomic E-state index is 0.686. The highest BCUT2D eigenvalue weighted by Gasteiger charge is 2.23. The number of rotatable bonds is 1. The Kier molecular flexibility index (Phi) is 3.31. The van der Waals surface area contributed by atoms with Gasteiger partial charge in [0.1, 0.15) is 5.52 Å². The number of hydrogen-bond acceptors (Lipinski definition) is 3. The molecule has 0 bridgehead atoms. The maximum absolute atomic E-state index is 4.45. The standard InChI is InChI=1S/C10H10N2S.C2H6/c1-2-7(3-1)9-10-8(4-5-11-9)13-6-12-10;1-2/h4-7H,1-3H2;1-2H3. The zero-order valence-corrected chi connectivity index (χ0v) is 10.0. The van der Waals surface area contributed by atoms with Gasteiger partial charge in [-0.2, -0.15) is 0 Å². The Bertz CT molecular complexity index is 432. The first kappa shape index (κ1) is 10.6. The summed E-state index contributed by atoms with van der Waals surface area (Å²) in [7, 11) is 0. The Morgan fingerprint density at radius 1 is 1.27 bits per heavy atom. The molecule has 0 aliphatic heterocycles. The fraction of sp³-hybridized carbons (Fsp3) is 0.500. The van der Waals surface area contributed by atoms with Crippen molar-refractivity contribution in [2.75, 3.05) is 0 Å². The average molecular weight is 220 g/mol. The highest BCUT2D eigenvalue weighted by molar-refractivity contribution is 7.16. The van der Waals surface area contributed by atoms with Crippen LogP contribution < -0.4 is 0 Å². The Morgan fingerprint density at radius 3 is 2.73 bits per heavy atom. The van der Waals surface area contributed by atoms with Crippen LogP contribution in [-0.4, -0.2) is 9.97 Å². The van der Waals surface area contributed by atoms with Crippen molar-refractivity contribution in [3.05, 3.63) is 23.5 Å². The van der Waals surface area contributed by atoms with E-state index in [2.05, 4.69) is 16.0 Å². The summed E-state index contributed by atoms with van der Waals surface area (Å²) in [5.74, 6) is 0.686. The number of pyridine rings is 1. The van der Waals surface area contributed by atoms with Crippen molar-refractivity contribution in [2.45, 2.75) is 39.0 Å². The first-order valence-electron chi connectivity index (χ1n) is 5.63. The van der Waals surface area contributed by atoms with Crippen LogP contribution in [0.3, 0.4) is 0 Å². The molecule has 15 heavy (non-hydrogen) atoms. The molecule has 1 saturated carbocycles. The van der Waals surface area contributed by atoms with Gasteiger partial charge in [-0.25, -0.2) is 4.98 Å². The Hall–Kier alpha value is -0.960. The van der Waals surface area contributed by atoms with Gasteiger partial charge in [0.05, 0.1) is 15.9 Å². The first-order chi connectivity index (χ1) is 7.45. The van der Waals surface area contributed by atoms with Crippen molar-refractivity contribution < 1.29 is 0 Å². The quantitative estimate of drug-likeness (QED) is 0.726. The summed E-state index contributed by atoms with van der Waals surface area (Å²) in [6.45, 7) is 4.00. The average Bonchev–Trinajstić information content (AvgIpc) is 2.67. The maximum Gasteiger partial charge on any atom is 0.103 e. The van der Waals surface area contributed by atoms with Gasteiger partial charge in [-0.1, -0.05) is 20.3 Å². The monoisotopic (exact) mass is 220 g/mol. The molecule has 3 heteroatoms. The predicted octanol–water partition coefficient (Wildman–Crippen LogP) is 3.99. The first-order valence-corrected chi connectivity index (χ1v) is 6.51. The number of thiazole rings is 1. The van der Waals surface area contributed by atoms with Crippen LogP contribution in [0.15, 0.2) is 17.8 Å². The summed E-state index contributed by atoms with van der Waals surface area (Å²) in [6, 6.07) is 2.05. The zero-order chi connectivity index (χ0) is 10.7. The maximum atomic E-state index is 4.45. The fourth-order valence-electron chi connectivity index (χ4n) is 1.79. The van der Waals surface area contributed by atoms with E-state index in [9.17, 15) is 0 Å². The van der Waals surface area contributed by atoms with Crippen LogP contribution in [0.5, 0.6) is 0 Å². The van der Waals surface area contributed by atoms with Gasteiger partial charge >= 0.3 is 0 Å². The molecule has 2 heterocycles. The Balaban J connectivity index is 0.000000404. The molecular formula is C12H16N2S. The summed E-state index contributed by atoms with van der Waals surface area (Å²) < 4.78 is 1.27.